The molecule has 2 N–H and O–H groups in total. The molecule has 0 heterocycles. The van der Waals surface area contributed by atoms with Gasteiger partial charge in [0.25, 0.3) is 5.91 Å². The molecule has 23 heavy (non-hydrogen) atoms. The highest BCUT2D eigenvalue weighted by Gasteiger charge is 2.09. The molecular formula is C18H18N2O3. The number of nitrogens with zero attached hydrogens (tertiary/aromatic N) is 1. The van der Waals surface area contributed by atoms with Gasteiger partial charge in [0, 0.05) is 37.0 Å². The Morgan fingerprint density at radius 1 is 1.04 bits per heavy atom. The quantitative estimate of drug-likeness (QED) is 0.385. The van der Waals surface area contributed by atoms with Crippen molar-refractivity contribution in [3.63, 3.8) is 0 Å². The van der Waals surface area contributed by atoms with Crippen molar-refractivity contribution >= 4 is 23.5 Å². The molecule has 2 aromatic carbocycles. The lowest BCUT2D eigenvalue weighted by molar-refractivity contribution is -0.124. The van der Waals surface area contributed by atoms with Crippen LogP contribution in [-0.4, -0.2) is 31.0 Å². The molecule has 0 bridgehead atoms. The second-order valence-electron chi connectivity index (χ2n) is 5.21. The minimum atomic E-state index is -0.624. The van der Waals surface area contributed by atoms with Crippen LogP contribution in [0, 0.1) is 0 Å². The third kappa shape index (κ3) is 4.28. The van der Waals surface area contributed by atoms with Gasteiger partial charge in [0.05, 0.1) is 0 Å². The molecular weight excluding hydrogens is 292 g/mol. The molecule has 0 aliphatic carbocycles. The van der Waals surface area contributed by atoms with Crippen molar-refractivity contribution in [2.75, 3.05) is 19.0 Å². The van der Waals surface area contributed by atoms with Gasteiger partial charge in [-0.1, -0.05) is 18.2 Å². The zero-order chi connectivity index (χ0) is 16.8. The summed E-state index contributed by atoms with van der Waals surface area (Å²) in [7, 11) is 3.88. The molecule has 2 rings (SSSR count). The summed E-state index contributed by atoms with van der Waals surface area (Å²) in [4.78, 5) is 25.5. The first-order valence-corrected chi connectivity index (χ1v) is 7.05. The van der Waals surface area contributed by atoms with E-state index < -0.39 is 5.91 Å². The van der Waals surface area contributed by atoms with Crippen LogP contribution in [-0.2, 0) is 4.79 Å². The molecule has 5 heteroatoms. The van der Waals surface area contributed by atoms with Gasteiger partial charge in [-0.3, -0.25) is 14.8 Å². The maximum atomic E-state index is 12.5. The number of hydroxylamine groups is 1. The van der Waals surface area contributed by atoms with E-state index >= 15 is 0 Å². The molecule has 1 amide bonds. The summed E-state index contributed by atoms with van der Waals surface area (Å²) >= 11 is 0. The largest absolute Gasteiger partial charge is 0.378 e. The summed E-state index contributed by atoms with van der Waals surface area (Å²) in [6, 6.07) is 14.3. The van der Waals surface area contributed by atoms with E-state index in [2.05, 4.69) is 0 Å². The molecule has 118 valence electrons. The average molecular weight is 310 g/mol. The lowest BCUT2D eigenvalue weighted by Crippen LogP contribution is -2.14. The van der Waals surface area contributed by atoms with Gasteiger partial charge in [0.1, 0.15) is 0 Å². The standard InChI is InChI=1S/C18H18N2O3/c1-20(2)16-9-7-14(8-10-16)18(22)15-5-3-4-13(12-15)6-11-17(21)19-23/h3-12,23H,1-2H3,(H,19,21)/b11-6+. The topological polar surface area (TPSA) is 69.6 Å². The molecule has 0 spiro atoms. The third-order valence-electron chi connectivity index (χ3n) is 3.33. The van der Waals surface area contributed by atoms with Crippen LogP contribution in [0.5, 0.6) is 0 Å². The molecule has 0 aliphatic heterocycles. The van der Waals surface area contributed by atoms with E-state index in [1.807, 2.05) is 31.1 Å². The van der Waals surface area contributed by atoms with Gasteiger partial charge in [-0.05, 0) is 42.0 Å². The first-order chi connectivity index (χ1) is 11.0. The molecule has 2 aromatic rings. The highest BCUT2D eigenvalue weighted by molar-refractivity contribution is 6.09. The second-order valence-corrected chi connectivity index (χ2v) is 5.21. The Kier molecular flexibility index (Phi) is 5.28. The van der Waals surface area contributed by atoms with Crippen molar-refractivity contribution in [3.8, 4) is 0 Å². The second kappa shape index (κ2) is 7.38. The predicted molar refractivity (Wildman–Crippen MR) is 89.6 cm³/mol. The molecule has 0 aromatic heterocycles. The first kappa shape index (κ1) is 16.5. The van der Waals surface area contributed by atoms with Crippen LogP contribution in [0.4, 0.5) is 5.69 Å². The van der Waals surface area contributed by atoms with Crippen molar-refractivity contribution in [2.24, 2.45) is 0 Å². The number of carbonyl (C=O) groups is 2. The Hall–Kier alpha value is -2.92. The first-order valence-electron chi connectivity index (χ1n) is 7.05. The SMILES string of the molecule is CN(C)c1ccc(C(=O)c2cccc(/C=C/C(=O)NO)c2)cc1. The summed E-state index contributed by atoms with van der Waals surface area (Å²) in [6.45, 7) is 0. The fourth-order valence-corrected chi connectivity index (χ4v) is 2.07. The van der Waals surface area contributed by atoms with Crippen LogP contribution in [0.25, 0.3) is 6.08 Å². The molecule has 0 saturated carbocycles. The number of hydrogen-bond acceptors (Lipinski definition) is 4. The van der Waals surface area contributed by atoms with E-state index in [1.165, 1.54) is 17.6 Å². The molecule has 0 fully saturated rings. The van der Waals surface area contributed by atoms with Crippen molar-refractivity contribution in [1.82, 2.24) is 5.48 Å². The van der Waals surface area contributed by atoms with E-state index in [0.717, 1.165) is 5.69 Å². The number of carbonyl (C=O) groups excluding carboxylic acids is 2. The minimum absolute atomic E-state index is 0.0860. The molecule has 5 nitrogen and oxygen atoms in total. The van der Waals surface area contributed by atoms with Crippen molar-refractivity contribution in [1.29, 1.82) is 0 Å². The van der Waals surface area contributed by atoms with Gasteiger partial charge in [-0.15, -0.1) is 0 Å². The number of benzene rings is 2. The van der Waals surface area contributed by atoms with Gasteiger partial charge in [0.2, 0.25) is 0 Å². The zero-order valence-corrected chi connectivity index (χ0v) is 13.0. The van der Waals surface area contributed by atoms with E-state index in [4.69, 9.17) is 5.21 Å². The maximum Gasteiger partial charge on any atom is 0.267 e. The normalized spacial score (nSPS) is 10.6. The van der Waals surface area contributed by atoms with E-state index in [1.54, 1.807) is 36.4 Å². The molecule has 0 aliphatic rings. The van der Waals surface area contributed by atoms with Gasteiger partial charge >= 0.3 is 0 Å². The fraction of sp³-hybridized carbons (Fsp3) is 0.111. The fourth-order valence-electron chi connectivity index (χ4n) is 2.07. The van der Waals surface area contributed by atoms with Crippen molar-refractivity contribution < 1.29 is 14.8 Å². The van der Waals surface area contributed by atoms with Crippen molar-refractivity contribution in [2.45, 2.75) is 0 Å². The predicted octanol–water partition coefficient (Wildman–Crippen LogP) is 2.50. The smallest absolute Gasteiger partial charge is 0.267 e. The van der Waals surface area contributed by atoms with Crippen molar-refractivity contribution in [3.05, 3.63) is 71.3 Å². The number of hydrogen-bond donors (Lipinski definition) is 2. The Morgan fingerprint density at radius 3 is 2.35 bits per heavy atom. The lowest BCUT2D eigenvalue weighted by atomic mass is 10.0. The number of ketones is 1. The van der Waals surface area contributed by atoms with E-state index in [0.29, 0.717) is 16.7 Å². The molecule has 0 saturated heterocycles. The summed E-state index contributed by atoms with van der Waals surface area (Å²) in [5.41, 5.74) is 4.37. The molecule has 0 radical (unpaired) electrons. The average Bonchev–Trinajstić information content (AvgIpc) is 2.59. The van der Waals surface area contributed by atoms with Crippen LogP contribution in [0.1, 0.15) is 21.5 Å². The van der Waals surface area contributed by atoms with E-state index in [9.17, 15) is 9.59 Å². The van der Waals surface area contributed by atoms with Crippen LogP contribution < -0.4 is 10.4 Å². The Bertz CT molecular complexity index is 734. The Labute approximate surface area is 134 Å². The number of rotatable bonds is 5. The van der Waals surface area contributed by atoms with Gasteiger partial charge in [-0.2, -0.15) is 0 Å². The highest BCUT2D eigenvalue weighted by atomic mass is 16.5. The third-order valence-corrected chi connectivity index (χ3v) is 3.33. The van der Waals surface area contributed by atoms with Crippen LogP contribution in [0.3, 0.4) is 0 Å². The summed E-state index contributed by atoms with van der Waals surface area (Å²) in [5, 5.41) is 8.46. The number of anilines is 1. The summed E-state index contributed by atoms with van der Waals surface area (Å²) in [5.74, 6) is -0.710. The Morgan fingerprint density at radius 2 is 1.74 bits per heavy atom. The minimum Gasteiger partial charge on any atom is -0.378 e. The maximum absolute atomic E-state index is 12.5. The molecule has 0 unspecified atom stereocenters. The molecule has 0 atom stereocenters. The van der Waals surface area contributed by atoms with Gasteiger partial charge in [0.15, 0.2) is 5.78 Å². The number of amides is 1. The highest BCUT2D eigenvalue weighted by Crippen LogP contribution is 2.16. The lowest BCUT2D eigenvalue weighted by Gasteiger charge is -2.12. The zero-order valence-electron chi connectivity index (χ0n) is 13.0. The monoisotopic (exact) mass is 310 g/mol. The number of nitrogens with one attached hydrogen (secondary N) is 1. The van der Waals surface area contributed by atoms with Crippen LogP contribution in [0.15, 0.2) is 54.6 Å². The van der Waals surface area contributed by atoms with Gasteiger partial charge < -0.3 is 4.90 Å². The van der Waals surface area contributed by atoms with E-state index in [-0.39, 0.29) is 5.78 Å². The Balaban J connectivity index is 2.22. The summed E-state index contributed by atoms with van der Waals surface area (Å²) in [6.07, 6.45) is 2.72. The van der Waals surface area contributed by atoms with Gasteiger partial charge in [-0.25, -0.2) is 5.48 Å². The van der Waals surface area contributed by atoms with Crippen LogP contribution in [0.2, 0.25) is 0 Å². The van der Waals surface area contributed by atoms with Crippen LogP contribution >= 0.6 is 0 Å². The summed E-state index contributed by atoms with van der Waals surface area (Å²) < 4.78 is 0.